The Labute approximate surface area is 206 Å². The van der Waals surface area contributed by atoms with Gasteiger partial charge in [0.1, 0.15) is 6.04 Å². The van der Waals surface area contributed by atoms with E-state index in [9.17, 15) is 9.59 Å². The molecule has 2 rings (SSSR count). The summed E-state index contributed by atoms with van der Waals surface area (Å²) < 4.78 is 0. The van der Waals surface area contributed by atoms with Crippen LogP contribution in [0.1, 0.15) is 49.8 Å². The molecule has 0 aliphatic heterocycles. The van der Waals surface area contributed by atoms with Crippen molar-refractivity contribution in [3.05, 3.63) is 69.2 Å². The lowest BCUT2D eigenvalue weighted by atomic mass is 10.1. The average molecular weight is 496 g/mol. The van der Waals surface area contributed by atoms with Crippen LogP contribution in [0.25, 0.3) is 0 Å². The highest BCUT2D eigenvalue weighted by molar-refractivity contribution is 7.99. The zero-order valence-electron chi connectivity index (χ0n) is 19.0. The van der Waals surface area contributed by atoms with Crippen LogP contribution in [0.15, 0.2) is 42.5 Å². The highest BCUT2D eigenvalue weighted by atomic mass is 35.5. The number of nitrogens with zero attached hydrogens (tertiary/aromatic N) is 1. The molecule has 0 fully saturated rings. The van der Waals surface area contributed by atoms with Gasteiger partial charge in [-0.2, -0.15) is 0 Å². The van der Waals surface area contributed by atoms with Gasteiger partial charge in [-0.1, -0.05) is 79.4 Å². The molecular weight excluding hydrogens is 463 g/mol. The van der Waals surface area contributed by atoms with Gasteiger partial charge in [0, 0.05) is 18.8 Å². The van der Waals surface area contributed by atoms with Gasteiger partial charge in [0.2, 0.25) is 11.8 Å². The molecule has 0 aliphatic carbocycles. The van der Waals surface area contributed by atoms with E-state index in [-0.39, 0.29) is 17.6 Å². The normalized spacial score (nSPS) is 11.8. The number of aryl methyl sites for hydroxylation is 1. The number of nitrogens with one attached hydrogen (secondary N) is 1. The second kappa shape index (κ2) is 13.8. The van der Waals surface area contributed by atoms with Gasteiger partial charge < -0.3 is 10.2 Å². The molecule has 0 aliphatic rings. The smallest absolute Gasteiger partial charge is 0.242 e. The van der Waals surface area contributed by atoms with E-state index >= 15 is 0 Å². The molecule has 32 heavy (non-hydrogen) atoms. The number of thioether (sulfide) groups is 1. The van der Waals surface area contributed by atoms with E-state index in [0.717, 1.165) is 29.5 Å². The summed E-state index contributed by atoms with van der Waals surface area (Å²) in [6.07, 6.45) is 2.50. The summed E-state index contributed by atoms with van der Waals surface area (Å²) in [5, 5.41) is 4.01. The third-order valence-corrected chi connectivity index (χ3v) is 6.89. The van der Waals surface area contributed by atoms with Crippen molar-refractivity contribution in [1.29, 1.82) is 0 Å². The van der Waals surface area contributed by atoms with Crippen molar-refractivity contribution in [1.82, 2.24) is 10.2 Å². The molecule has 0 spiro atoms. The van der Waals surface area contributed by atoms with Gasteiger partial charge >= 0.3 is 0 Å². The second-order valence-electron chi connectivity index (χ2n) is 7.82. The number of carbonyl (C=O) groups is 2. The van der Waals surface area contributed by atoms with Crippen LogP contribution in [0.4, 0.5) is 0 Å². The minimum atomic E-state index is -0.494. The molecule has 1 atom stereocenters. The van der Waals surface area contributed by atoms with Crippen LogP contribution in [0.5, 0.6) is 0 Å². The number of rotatable bonds is 12. The molecule has 2 aromatic carbocycles. The van der Waals surface area contributed by atoms with Crippen molar-refractivity contribution in [2.45, 2.75) is 58.4 Å². The molecule has 2 aromatic rings. The summed E-state index contributed by atoms with van der Waals surface area (Å²) >= 11 is 13.6. The first kappa shape index (κ1) is 26.6. The van der Waals surface area contributed by atoms with E-state index in [0.29, 0.717) is 35.3 Å². The van der Waals surface area contributed by atoms with Crippen LogP contribution in [0.2, 0.25) is 10.0 Å². The number of hydrogen-bond donors (Lipinski definition) is 1. The lowest BCUT2D eigenvalue weighted by Crippen LogP contribution is -2.49. The van der Waals surface area contributed by atoms with Crippen LogP contribution >= 0.6 is 35.0 Å². The van der Waals surface area contributed by atoms with E-state index in [1.54, 1.807) is 11.0 Å². The molecule has 174 valence electrons. The Morgan fingerprint density at radius 1 is 1.03 bits per heavy atom. The van der Waals surface area contributed by atoms with Crippen molar-refractivity contribution >= 4 is 46.8 Å². The number of amides is 2. The number of unbranched alkanes of at least 4 members (excludes halogenated alkanes) is 1. The van der Waals surface area contributed by atoms with Crippen molar-refractivity contribution in [2.75, 3.05) is 12.3 Å². The van der Waals surface area contributed by atoms with Crippen LogP contribution in [0, 0.1) is 6.92 Å². The number of benzene rings is 2. The fourth-order valence-corrected chi connectivity index (χ4v) is 4.46. The molecule has 1 N–H and O–H groups in total. The summed E-state index contributed by atoms with van der Waals surface area (Å²) in [5.41, 5.74) is 3.18. The third-order valence-electron chi connectivity index (χ3n) is 5.17. The van der Waals surface area contributed by atoms with Gasteiger partial charge in [0.15, 0.2) is 0 Å². The first-order chi connectivity index (χ1) is 15.3. The molecule has 7 heteroatoms. The average Bonchev–Trinajstić information content (AvgIpc) is 2.77. The first-order valence-electron chi connectivity index (χ1n) is 11.0. The van der Waals surface area contributed by atoms with Crippen LogP contribution in [0.3, 0.4) is 0 Å². The molecule has 0 saturated carbocycles. The molecule has 4 nitrogen and oxygen atoms in total. The summed E-state index contributed by atoms with van der Waals surface area (Å²) in [4.78, 5) is 27.8. The molecule has 1 unspecified atom stereocenters. The Morgan fingerprint density at radius 3 is 2.34 bits per heavy atom. The summed E-state index contributed by atoms with van der Waals surface area (Å²) in [7, 11) is 0. The Balaban J connectivity index is 2.10. The van der Waals surface area contributed by atoms with Crippen LogP contribution in [-0.4, -0.2) is 35.1 Å². The quantitative estimate of drug-likeness (QED) is 0.354. The maximum Gasteiger partial charge on any atom is 0.242 e. The van der Waals surface area contributed by atoms with E-state index < -0.39 is 6.04 Å². The Hall–Kier alpha value is -1.69. The fraction of sp³-hybridized carbons (Fsp3) is 0.440. The molecule has 0 saturated heterocycles. The second-order valence-corrected chi connectivity index (χ2v) is 9.62. The van der Waals surface area contributed by atoms with Crippen LogP contribution < -0.4 is 5.32 Å². The van der Waals surface area contributed by atoms with Gasteiger partial charge in [-0.25, -0.2) is 0 Å². The zero-order valence-corrected chi connectivity index (χ0v) is 21.3. The molecule has 0 radical (unpaired) electrons. The van der Waals surface area contributed by atoms with Gasteiger partial charge in [0.05, 0.1) is 15.8 Å². The molecule has 0 heterocycles. The Bertz CT molecular complexity index is 890. The summed E-state index contributed by atoms with van der Waals surface area (Å²) in [6, 6.07) is 13.1. The van der Waals surface area contributed by atoms with E-state index in [2.05, 4.69) is 12.2 Å². The third kappa shape index (κ3) is 8.34. The van der Waals surface area contributed by atoms with Crippen molar-refractivity contribution in [3.63, 3.8) is 0 Å². The van der Waals surface area contributed by atoms with E-state index in [1.165, 1.54) is 11.8 Å². The van der Waals surface area contributed by atoms with E-state index in [4.69, 9.17) is 23.2 Å². The Morgan fingerprint density at radius 2 is 1.72 bits per heavy atom. The molecular formula is C25H32Cl2N2O2S. The van der Waals surface area contributed by atoms with E-state index in [1.807, 2.05) is 50.2 Å². The van der Waals surface area contributed by atoms with Gasteiger partial charge in [0.25, 0.3) is 0 Å². The van der Waals surface area contributed by atoms with Crippen LogP contribution in [-0.2, 0) is 21.9 Å². The van der Waals surface area contributed by atoms with Gasteiger partial charge in [-0.05, 0) is 43.0 Å². The predicted molar refractivity (Wildman–Crippen MR) is 136 cm³/mol. The standard InChI is InChI=1S/C25H32Cl2N2O2S/c1-4-6-13-28-25(31)23(5-2)29(15-19-9-7-18(3)8-10-19)24(30)17-32-16-20-11-12-21(26)22(27)14-20/h7-12,14,23H,4-6,13,15-17H2,1-3H3,(H,28,31). The SMILES string of the molecule is CCCCNC(=O)C(CC)N(Cc1ccc(C)cc1)C(=O)CSCc1ccc(Cl)c(Cl)c1. The van der Waals surface area contributed by atoms with Crippen molar-refractivity contribution in [3.8, 4) is 0 Å². The molecule has 2 amide bonds. The lowest BCUT2D eigenvalue weighted by Gasteiger charge is -2.30. The number of hydrogen-bond acceptors (Lipinski definition) is 3. The Kier molecular flexibility index (Phi) is 11.4. The van der Waals surface area contributed by atoms with Gasteiger partial charge in [-0.15, -0.1) is 11.8 Å². The highest BCUT2D eigenvalue weighted by Crippen LogP contribution is 2.25. The lowest BCUT2D eigenvalue weighted by molar-refractivity contribution is -0.139. The highest BCUT2D eigenvalue weighted by Gasteiger charge is 2.28. The monoisotopic (exact) mass is 494 g/mol. The predicted octanol–water partition coefficient (Wildman–Crippen LogP) is 6.26. The topological polar surface area (TPSA) is 49.4 Å². The van der Waals surface area contributed by atoms with Gasteiger partial charge in [-0.3, -0.25) is 9.59 Å². The fourth-order valence-electron chi connectivity index (χ4n) is 3.28. The molecule has 0 aromatic heterocycles. The van der Waals surface area contributed by atoms with Crippen molar-refractivity contribution < 1.29 is 9.59 Å². The van der Waals surface area contributed by atoms with Crippen molar-refractivity contribution in [2.24, 2.45) is 0 Å². The first-order valence-corrected chi connectivity index (χ1v) is 12.9. The molecule has 0 bridgehead atoms. The summed E-state index contributed by atoms with van der Waals surface area (Å²) in [6.45, 7) is 7.10. The summed E-state index contributed by atoms with van der Waals surface area (Å²) in [5.74, 6) is 0.787. The minimum Gasteiger partial charge on any atom is -0.354 e. The number of carbonyl (C=O) groups excluding carboxylic acids is 2. The minimum absolute atomic E-state index is 0.0480. The number of halogens is 2. The largest absolute Gasteiger partial charge is 0.354 e. The zero-order chi connectivity index (χ0) is 23.5. The maximum atomic E-state index is 13.2. The maximum absolute atomic E-state index is 13.2.